The molecule has 3 aromatic rings. The first-order valence-electron chi connectivity index (χ1n) is 10.4. The molecule has 0 aliphatic heterocycles. The van der Waals surface area contributed by atoms with Crippen molar-refractivity contribution in [3.05, 3.63) is 83.4 Å². The molecule has 0 unspecified atom stereocenters. The van der Waals surface area contributed by atoms with Gasteiger partial charge in [-0.05, 0) is 81.3 Å². The number of aryl methyl sites for hydroxylation is 2. The van der Waals surface area contributed by atoms with Crippen LogP contribution in [0, 0.1) is 13.8 Å². The van der Waals surface area contributed by atoms with E-state index < -0.39 is 10.0 Å². The first kappa shape index (κ1) is 22.6. The molecular weight excluding hydrogens is 406 g/mol. The van der Waals surface area contributed by atoms with E-state index in [-0.39, 0.29) is 4.90 Å². The van der Waals surface area contributed by atoms with Crippen LogP contribution in [-0.2, 0) is 10.0 Å². The van der Waals surface area contributed by atoms with Gasteiger partial charge in [-0.3, -0.25) is 9.71 Å². The van der Waals surface area contributed by atoms with Gasteiger partial charge < -0.3 is 4.90 Å². The molecule has 0 fully saturated rings. The smallest absolute Gasteiger partial charge is 0.261 e. The number of aliphatic imine (C=N–C) groups is 1. The Morgan fingerprint density at radius 2 is 1.55 bits per heavy atom. The zero-order chi connectivity index (χ0) is 22.4. The summed E-state index contributed by atoms with van der Waals surface area (Å²) < 4.78 is 28.1. The fourth-order valence-electron chi connectivity index (χ4n) is 3.35. The molecule has 3 aromatic carbocycles. The minimum absolute atomic E-state index is 0.204. The molecule has 0 heterocycles. The highest BCUT2D eigenvalue weighted by Gasteiger charge is 2.15. The van der Waals surface area contributed by atoms with E-state index in [0.717, 1.165) is 29.8 Å². The standard InChI is InChI=1S/C25H29N3O2S/c1-5-28(6-2)23-12-8-21(9-13-23)18-26-22-10-14-24(15-11-22)31(29,30)27-25-16-7-19(3)17-20(25)4/h7-18,27H,5-6H2,1-4H3. The molecule has 3 rings (SSSR count). The first-order valence-corrected chi connectivity index (χ1v) is 11.9. The van der Waals surface area contributed by atoms with Crippen LogP contribution in [0.1, 0.15) is 30.5 Å². The molecule has 0 atom stereocenters. The van der Waals surface area contributed by atoms with Gasteiger partial charge >= 0.3 is 0 Å². The summed E-state index contributed by atoms with van der Waals surface area (Å²) >= 11 is 0. The van der Waals surface area contributed by atoms with Crippen LogP contribution in [0.4, 0.5) is 17.1 Å². The number of benzene rings is 3. The number of anilines is 2. The van der Waals surface area contributed by atoms with Gasteiger partial charge in [0.1, 0.15) is 0 Å². The van der Waals surface area contributed by atoms with Crippen molar-refractivity contribution in [2.45, 2.75) is 32.6 Å². The van der Waals surface area contributed by atoms with Gasteiger partial charge in [0.2, 0.25) is 0 Å². The molecule has 0 aliphatic carbocycles. The van der Waals surface area contributed by atoms with Crippen molar-refractivity contribution in [3.63, 3.8) is 0 Å². The third-order valence-electron chi connectivity index (χ3n) is 5.16. The van der Waals surface area contributed by atoms with Gasteiger partial charge in [0.25, 0.3) is 10.0 Å². The molecule has 31 heavy (non-hydrogen) atoms. The number of rotatable bonds is 8. The van der Waals surface area contributed by atoms with E-state index in [4.69, 9.17) is 0 Å². The van der Waals surface area contributed by atoms with Gasteiger partial charge in [-0.2, -0.15) is 0 Å². The highest BCUT2D eigenvalue weighted by atomic mass is 32.2. The number of nitrogens with zero attached hydrogens (tertiary/aromatic N) is 2. The largest absolute Gasteiger partial charge is 0.372 e. The summed E-state index contributed by atoms with van der Waals surface area (Å²) in [4.78, 5) is 6.96. The van der Waals surface area contributed by atoms with Crippen molar-refractivity contribution in [1.29, 1.82) is 0 Å². The molecule has 6 heteroatoms. The average Bonchev–Trinajstić information content (AvgIpc) is 2.76. The van der Waals surface area contributed by atoms with E-state index in [1.165, 1.54) is 5.69 Å². The molecule has 162 valence electrons. The van der Waals surface area contributed by atoms with Crippen LogP contribution < -0.4 is 9.62 Å². The molecular formula is C25H29N3O2S. The van der Waals surface area contributed by atoms with Gasteiger partial charge in [-0.15, -0.1) is 0 Å². The number of nitrogens with one attached hydrogen (secondary N) is 1. The number of hydrogen-bond donors (Lipinski definition) is 1. The Labute approximate surface area is 185 Å². The van der Waals surface area contributed by atoms with Crippen LogP contribution in [0.15, 0.2) is 76.6 Å². The topological polar surface area (TPSA) is 61.8 Å². The van der Waals surface area contributed by atoms with Crippen molar-refractivity contribution < 1.29 is 8.42 Å². The third kappa shape index (κ3) is 5.73. The second-order valence-corrected chi connectivity index (χ2v) is 9.12. The maximum absolute atomic E-state index is 12.7. The second kappa shape index (κ2) is 9.79. The van der Waals surface area contributed by atoms with Crippen molar-refractivity contribution in [2.75, 3.05) is 22.7 Å². The third-order valence-corrected chi connectivity index (χ3v) is 6.54. The zero-order valence-electron chi connectivity index (χ0n) is 18.5. The van der Waals surface area contributed by atoms with Crippen LogP contribution in [0.2, 0.25) is 0 Å². The molecule has 0 spiro atoms. The van der Waals surface area contributed by atoms with Crippen molar-refractivity contribution >= 4 is 33.3 Å². The molecule has 0 saturated carbocycles. The Kier molecular flexibility index (Phi) is 7.13. The van der Waals surface area contributed by atoms with Crippen LogP contribution in [-0.4, -0.2) is 27.7 Å². The van der Waals surface area contributed by atoms with Crippen molar-refractivity contribution in [3.8, 4) is 0 Å². The van der Waals surface area contributed by atoms with E-state index in [2.05, 4.69) is 40.6 Å². The number of hydrogen-bond acceptors (Lipinski definition) is 4. The van der Waals surface area contributed by atoms with Gasteiger partial charge in [0, 0.05) is 25.0 Å². The minimum atomic E-state index is -3.66. The van der Waals surface area contributed by atoms with Crippen LogP contribution >= 0.6 is 0 Å². The lowest BCUT2D eigenvalue weighted by Crippen LogP contribution is -2.21. The highest BCUT2D eigenvalue weighted by molar-refractivity contribution is 7.92. The molecule has 0 aliphatic rings. The Hall–Kier alpha value is -3.12. The quantitative estimate of drug-likeness (QED) is 0.462. The predicted octanol–water partition coefficient (Wildman–Crippen LogP) is 5.70. The maximum Gasteiger partial charge on any atom is 0.261 e. The second-order valence-electron chi connectivity index (χ2n) is 7.44. The van der Waals surface area contributed by atoms with Gasteiger partial charge in [-0.1, -0.05) is 29.8 Å². The zero-order valence-corrected chi connectivity index (χ0v) is 19.3. The first-order chi connectivity index (χ1) is 14.8. The Balaban J connectivity index is 1.70. The lowest BCUT2D eigenvalue weighted by molar-refractivity contribution is 0.601. The molecule has 0 radical (unpaired) electrons. The molecule has 0 bridgehead atoms. The van der Waals surface area contributed by atoms with E-state index in [1.54, 1.807) is 36.5 Å². The molecule has 5 nitrogen and oxygen atoms in total. The lowest BCUT2D eigenvalue weighted by Gasteiger charge is -2.20. The van der Waals surface area contributed by atoms with Gasteiger partial charge in [0.05, 0.1) is 16.3 Å². The molecule has 0 saturated heterocycles. The molecule has 0 amide bonds. The molecule has 0 aromatic heterocycles. The summed E-state index contributed by atoms with van der Waals surface area (Å²) in [7, 11) is -3.66. The lowest BCUT2D eigenvalue weighted by atomic mass is 10.1. The normalized spacial score (nSPS) is 11.6. The van der Waals surface area contributed by atoms with E-state index in [9.17, 15) is 8.42 Å². The van der Waals surface area contributed by atoms with E-state index in [0.29, 0.717) is 11.4 Å². The summed E-state index contributed by atoms with van der Waals surface area (Å²) in [5, 5.41) is 0. The monoisotopic (exact) mass is 435 g/mol. The highest BCUT2D eigenvalue weighted by Crippen LogP contribution is 2.23. The summed E-state index contributed by atoms with van der Waals surface area (Å²) in [5.41, 5.74) is 5.43. The van der Waals surface area contributed by atoms with Gasteiger partial charge in [0.15, 0.2) is 0 Å². The van der Waals surface area contributed by atoms with Crippen LogP contribution in [0.25, 0.3) is 0 Å². The van der Waals surface area contributed by atoms with E-state index in [1.807, 2.05) is 38.1 Å². The average molecular weight is 436 g/mol. The summed E-state index contributed by atoms with van der Waals surface area (Å²) in [6, 6.07) is 20.4. The van der Waals surface area contributed by atoms with Crippen LogP contribution in [0.5, 0.6) is 0 Å². The van der Waals surface area contributed by atoms with E-state index >= 15 is 0 Å². The predicted molar refractivity (Wildman–Crippen MR) is 130 cm³/mol. The molecule has 1 N–H and O–H groups in total. The van der Waals surface area contributed by atoms with Crippen molar-refractivity contribution in [1.82, 2.24) is 0 Å². The maximum atomic E-state index is 12.7. The number of sulfonamides is 1. The summed E-state index contributed by atoms with van der Waals surface area (Å²) in [6.07, 6.45) is 1.78. The van der Waals surface area contributed by atoms with Gasteiger partial charge in [-0.25, -0.2) is 8.42 Å². The fourth-order valence-corrected chi connectivity index (χ4v) is 4.48. The Morgan fingerprint density at radius 3 is 2.13 bits per heavy atom. The fraction of sp³-hybridized carbons (Fsp3) is 0.240. The SMILES string of the molecule is CCN(CC)c1ccc(C=Nc2ccc(S(=O)(=O)Nc3ccc(C)cc3C)cc2)cc1. The Morgan fingerprint density at radius 1 is 0.903 bits per heavy atom. The summed E-state index contributed by atoms with van der Waals surface area (Å²) in [5.74, 6) is 0. The Bertz CT molecular complexity index is 1150. The minimum Gasteiger partial charge on any atom is -0.372 e. The van der Waals surface area contributed by atoms with Crippen LogP contribution in [0.3, 0.4) is 0 Å². The van der Waals surface area contributed by atoms with Crippen molar-refractivity contribution in [2.24, 2.45) is 4.99 Å². The summed E-state index contributed by atoms with van der Waals surface area (Å²) in [6.45, 7) is 10.1.